The van der Waals surface area contributed by atoms with E-state index in [1.165, 1.54) is 16.0 Å². The molecule has 0 radical (unpaired) electrons. The van der Waals surface area contributed by atoms with Gasteiger partial charge in [-0.05, 0) is 17.7 Å². The van der Waals surface area contributed by atoms with Crippen molar-refractivity contribution in [1.29, 1.82) is 0 Å². The number of para-hydroxylation sites is 2. The van der Waals surface area contributed by atoms with Gasteiger partial charge in [-0.3, -0.25) is 4.57 Å². The van der Waals surface area contributed by atoms with Crippen molar-refractivity contribution in [3.63, 3.8) is 0 Å². The van der Waals surface area contributed by atoms with Crippen molar-refractivity contribution < 1.29 is 4.90 Å². The fourth-order valence-corrected chi connectivity index (χ4v) is 2.99. The third-order valence-corrected chi connectivity index (χ3v) is 4.14. The molecule has 0 bridgehead atoms. The molecular weight excluding hydrogens is 260 g/mol. The van der Waals surface area contributed by atoms with Crippen LogP contribution in [-0.2, 0) is 13.1 Å². The van der Waals surface area contributed by atoms with Gasteiger partial charge < -0.3 is 10.2 Å². The lowest BCUT2D eigenvalue weighted by Crippen LogP contribution is -3.13. The predicted octanol–water partition coefficient (Wildman–Crippen LogP) is 1.50. The summed E-state index contributed by atoms with van der Waals surface area (Å²) in [5.41, 5.74) is 3.70. The van der Waals surface area contributed by atoms with Crippen LogP contribution < -0.4 is 10.2 Å². The van der Waals surface area contributed by atoms with Gasteiger partial charge in [0.2, 0.25) is 5.95 Å². The average molecular weight is 279 g/mol. The van der Waals surface area contributed by atoms with Crippen LogP contribution in [0.2, 0.25) is 0 Å². The molecule has 0 saturated heterocycles. The number of quaternary nitrogens is 1. The molecule has 0 aliphatic carbocycles. The van der Waals surface area contributed by atoms with E-state index in [9.17, 15) is 0 Å². The average Bonchev–Trinajstić information content (AvgIpc) is 2.92. The molecule has 2 N–H and O–H groups in total. The van der Waals surface area contributed by atoms with Crippen molar-refractivity contribution in [3.05, 3.63) is 60.2 Å². The van der Waals surface area contributed by atoms with E-state index in [2.05, 4.69) is 63.4 Å². The van der Waals surface area contributed by atoms with Crippen LogP contribution in [-0.4, -0.2) is 22.8 Å². The molecule has 4 nitrogen and oxygen atoms in total. The summed E-state index contributed by atoms with van der Waals surface area (Å²) in [6.07, 6.45) is 1.11. The molecule has 1 aromatic heterocycles. The van der Waals surface area contributed by atoms with E-state index in [0.29, 0.717) is 0 Å². The van der Waals surface area contributed by atoms with Crippen LogP contribution in [0.5, 0.6) is 0 Å². The summed E-state index contributed by atoms with van der Waals surface area (Å²) in [7, 11) is 0. The van der Waals surface area contributed by atoms with Gasteiger partial charge >= 0.3 is 0 Å². The lowest BCUT2D eigenvalue weighted by molar-refractivity contribution is -0.921. The molecule has 3 aromatic rings. The van der Waals surface area contributed by atoms with Crippen molar-refractivity contribution >= 4 is 17.0 Å². The Morgan fingerprint density at radius 3 is 2.76 bits per heavy atom. The number of rotatable bonds is 3. The zero-order valence-corrected chi connectivity index (χ0v) is 11.9. The number of hydrogen-bond donors (Lipinski definition) is 2. The van der Waals surface area contributed by atoms with Crippen molar-refractivity contribution in [2.45, 2.75) is 13.1 Å². The van der Waals surface area contributed by atoms with Gasteiger partial charge in [0.1, 0.15) is 0 Å². The maximum atomic E-state index is 4.64. The number of nitrogens with zero attached hydrogens (tertiary/aromatic N) is 2. The molecular formula is C17H19N4+. The molecule has 0 fully saturated rings. The number of anilines is 1. The summed E-state index contributed by atoms with van der Waals surface area (Å²) < 4.78 is 2.29. The molecule has 2 heterocycles. The number of aromatic nitrogens is 2. The maximum Gasteiger partial charge on any atom is 0.212 e. The van der Waals surface area contributed by atoms with Crippen LogP contribution in [0.3, 0.4) is 0 Å². The van der Waals surface area contributed by atoms with Gasteiger partial charge in [-0.15, -0.1) is 0 Å². The van der Waals surface area contributed by atoms with E-state index in [-0.39, 0.29) is 0 Å². The Kier molecular flexibility index (Phi) is 3.09. The zero-order valence-electron chi connectivity index (χ0n) is 11.9. The van der Waals surface area contributed by atoms with E-state index in [4.69, 9.17) is 0 Å². The SMILES string of the molecule is c1ccc(CC[NH+]2CNc3nc4ccccc4n3C2)cc1. The second kappa shape index (κ2) is 5.22. The first-order valence-corrected chi connectivity index (χ1v) is 7.47. The van der Waals surface area contributed by atoms with Gasteiger partial charge in [-0.25, -0.2) is 4.98 Å². The minimum Gasteiger partial charge on any atom is -0.309 e. The van der Waals surface area contributed by atoms with Crippen molar-refractivity contribution in [3.8, 4) is 0 Å². The highest BCUT2D eigenvalue weighted by Gasteiger charge is 2.21. The number of hydrogen-bond acceptors (Lipinski definition) is 2. The zero-order chi connectivity index (χ0) is 14.1. The smallest absolute Gasteiger partial charge is 0.212 e. The van der Waals surface area contributed by atoms with Crippen molar-refractivity contribution in [2.75, 3.05) is 18.5 Å². The van der Waals surface area contributed by atoms with Gasteiger partial charge in [-0.1, -0.05) is 42.5 Å². The summed E-state index contributed by atoms with van der Waals surface area (Å²) in [6, 6.07) is 19.0. The van der Waals surface area contributed by atoms with Crippen molar-refractivity contribution in [1.82, 2.24) is 9.55 Å². The molecule has 1 aliphatic heterocycles. The molecule has 0 amide bonds. The van der Waals surface area contributed by atoms with Crippen LogP contribution >= 0.6 is 0 Å². The Bertz CT molecular complexity index is 748. The van der Waals surface area contributed by atoms with Crippen LogP contribution in [0, 0.1) is 0 Å². The number of imidazole rings is 1. The summed E-state index contributed by atoms with van der Waals surface area (Å²) in [5, 5.41) is 3.45. The third kappa shape index (κ3) is 2.38. The van der Waals surface area contributed by atoms with Crippen LogP contribution in [0.4, 0.5) is 5.95 Å². The molecule has 0 spiro atoms. The summed E-state index contributed by atoms with van der Waals surface area (Å²) in [6.45, 7) is 3.05. The van der Waals surface area contributed by atoms with Crippen LogP contribution in [0.15, 0.2) is 54.6 Å². The predicted molar refractivity (Wildman–Crippen MR) is 84.2 cm³/mol. The van der Waals surface area contributed by atoms with Gasteiger partial charge in [-0.2, -0.15) is 0 Å². The summed E-state index contributed by atoms with van der Waals surface area (Å²) in [4.78, 5) is 6.18. The first-order valence-electron chi connectivity index (χ1n) is 7.47. The first-order chi connectivity index (χ1) is 10.4. The number of nitrogens with one attached hydrogen (secondary N) is 2. The van der Waals surface area contributed by atoms with E-state index in [1.54, 1.807) is 0 Å². The first kappa shape index (κ1) is 12.4. The van der Waals surface area contributed by atoms with Gasteiger partial charge in [0.05, 0.1) is 17.6 Å². The molecule has 106 valence electrons. The van der Waals surface area contributed by atoms with Crippen molar-refractivity contribution in [2.24, 2.45) is 0 Å². The molecule has 4 heteroatoms. The number of benzene rings is 2. The highest BCUT2D eigenvalue weighted by molar-refractivity contribution is 5.78. The highest BCUT2D eigenvalue weighted by Crippen LogP contribution is 2.19. The molecule has 21 heavy (non-hydrogen) atoms. The van der Waals surface area contributed by atoms with Gasteiger partial charge in [0.15, 0.2) is 13.3 Å². The largest absolute Gasteiger partial charge is 0.309 e. The third-order valence-electron chi connectivity index (χ3n) is 4.14. The van der Waals surface area contributed by atoms with Gasteiger partial charge in [0.25, 0.3) is 0 Å². The minimum atomic E-state index is 0.941. The minimum absolute atomic E-state index is 0.941. The van der Waals surface area contributed by atoms with Crippen LogP contribution in [0.1, 0.15) is 5.56 Å². The fraction of sp³-hybridized carbons (Fsp3) is 0.235. The quantitative estimate of drug-likeness (QED) is 0.762. The molecule has 1 atom stereocenters. The molecule has 1 unspecified atom stereocenters. The van der Waals surface area contributed by atoms with E-state index < -0.39 is 0 Å². The van der Waals surface area contributed by atoms with E-state index in [0.717, 1.165) is 37.8 Å². The standard InChI is InChI=1S/C17H18N4/c1-2-6-14(7-3-1)10-11-20-12-18-17-19-15-8-4-5-9-16(15)21(17)13-20/h1-9H,10-13H2,(H,18,19)/p+1. The second-order valence-corrected chi connectivity index (χ2v) is 5.60. The fourth-order valence-electron chi connectivity index (χ4n) is 2.99. The van der Waals surface area contributed by atoms with Crippen LogP contribution in [0.25, 0.3) is 11.0 Å². The molecule has 1 aliphatic rings. The Morgan fingerprint density at radius 1 is 1.05 bits per heavy atom. The Hall–Kier alpha value is -2.33. The Balaban J connectivity index is 1.51. The lowest BCUT2D eigenvalue weighted by atomic mass is 10.1. The molecule has 2 aromatic carbocycles. The Morgan fingerprint density at radius 2 is 1.86 bits per heavy atom. The summed E-state index contributed by atoms with van der Waals surface area (Å²) >= 11 is 0. The number of fused-ring (bicyclic) bond motifs is 3. The summed E-state index contributed by atoms with van der Waals surface area (Å²) in [5.74, 6) is 1.000. The lowest BCUT2D eigenvalue weighted by Gasteiger charge is -2.26. The normalized spacial score (nSPS) is 17.4. The second-order valence-electron chi connectivity index (χ2n) is 5.60. The highest BCUT2D eigenvalue weighted by atomic mass is 15.4. The Labute approximate surface area is 124 Å². The monoisotopic (exact) mass is 279 g/mol. The molecule has 0 saturated carbocycles. The van der Waals surface area contributed by atoms with E-state index >= 15 is 0 Å². The van der Waals surface area contributed by atoms with Gasteiger partial charge in [0, 0.05) is 6.42 Å². The maximum absolute atomic E-state index is 4.64. The topological polar surface area (TPSA) is 34.3 Å². The van der Waals surface area contributed by atoms with E-state index in [1.807, 2.05) is 6.07 Å². The molecule has 4 rings (SSSR count).